The molecule has 0 spiro atoms. The van der Waals surface area contributed by atoms with Crippen molar-refractivity contribution in [3.8, 4) is 11.5 Å². The second-order valence-electron chi connectivity index (χ2n) is 4.08. The van der Waals surface area contributed by atoms with E-state index in [1.807, 2.05) is 18.2 Å². The van der Waals surface area contributed by atoms with Crippen LogP contribution < -0.4 is 22.4 Å². The highest BCUT2D eigenvalue weighted by molar-refractivity contribution is 5.85. The third-order valence-corrected chi connectivity index (χ3v) is 2.51. The minimum absolute atomic E-state index is 0. The maximum absolute atomic E-state index is 11.6. The minimum Gasteiger partial charge on any atom is -1.00 e. The average Bonchev–Trinajstić information content (AvgIpc) is 2.42. The topological polar surface area (TPSA) is 85.8 Å². The highest BCUT2D eigenvalue weighted by Gasteiger charge is 2.06. The summed E-state index contributed by atoms with van der Waals surface area (Å²) in [5, 5.41) is 22.4. The van der Waals surface area contributed by atoms with Crippen LogP contribution in [-0.4, -0.2) is 22.3 Å². The molecular weight excluding hydrogens is 294 g/mol. The Bertz CT molecular complexity index is 633. The zero-order valence-corrected chi connectivity index (χ0v) is 11.7. The molecule has 1 aromatic carbocycles. The van der Waals surface area contributed by atoms with Crippen molar-refractivity contribution in [3.05, 3.63) is 54.4 Å². The number of amides is 1. The summed E-state index contributed by atoms with van der Waals surface area (Å²) in [6.07, 6.45) is 4.85. The van der Waals surface area contributed by atoms with Crippen LogP contribution in [0.2, 0.25) is 0 Å². The van der Waals surface area contributed by atoms with Gasteiger partial charge in [-0.2, -0.15) is 9.67 Å². The predicted octanol–water partition coefficient (Wildman–Crippen LogP) is -2.46. The van der Waals surface area contributed by atoms with Crippen molar-refractivity contribution >= 4 is 12.1 Å². The lowest BCUT2D eigenvalue weighted by Gasteiger charge is -1.99. The molecule has 0 aliphatic carbocycles. The van der Waals surface area contributed by atoms with Crippen molar-refractivity contribution in [2.45, 2.75) is 6.54 Å². The van der Waals surface area contributed by atoms with Crippen LogP contribution in [-0.2, 0) is 11.3 Å². The Balaban J connectivity index is 0.00000220. The third kappa shape index (κ3) is 5.12. The number of carbonyl (C=O) groups is 1. The van der Waals surface area contributed by atoms with E-state index in [4.69, 9.17) is 5.11 Å². The van der Waals surface area contributed by atoms with Crippen molar-refractivity contribution in [2.75, 3.05) is 0 Å². The summed E-state index contributed by atoms with van der Waals surface area (Å²) in [4.78, 5) is 11.6. The number of nitrogens with one attached hydrogen (secondary N) is 1. The second kappa shape index (κ2) is 7.86. The summed E-state index contributed by atoms with van der Waals surface area (Å²) in [5.41, 5.74) is 2.76. The van der Waals surface area contributed by atoms with Crippen molar-refractivity contribution in [3.63, 3.8) is 0 Å². The maximum Gasteiger partial charge on any atom is 0.305 e. The number of nitrogens with zero attached hydrogens (tertiary/aromatic N) is 2. The van der Waals surface area contributed by atoms with Gasteiger partial charge in [0, 0.05) is 23.8 Å². The van der Waals surface area contributed by atoms with Crippen LogP contribution in [0, 0.1) is 0 Å². The van der Waals surface area contributed by atoms with Crippen molar-refractivity contribution in [1.82, 2.24) is 5.43 Å². The molecule has 6 nitrogen and oxygen atoms in total. The molecule has 1 amide bonds. The number of benzene rings is 1. The first-order valence-corrected chi connectivity index (χ1v) is 5.93. The molecule has 2 rings (SSSR count). The summed E-state index contributed by atoms with van der Waals surface area (Å²) in [5.74, 6) is -0.430. The first-order chi connectivity index (χ1) is 9.65. The van der Waals surface area contributed by atoms with E-state index in [9.17, 15) is 9.90 Å². The number of hydrogen-bond acceptors (Lipinski definition) is 4. The molecule has 0 saturated carbocycles. The first kappa shape index (κ1) is 16.5. The van der Waals surface area contributed by atoms with E-state index in [0.717, 1.165) is 0 Å². The van der Waals surface area contributed by atoms with Gasteiger partial charge in [-0.3, -0.25) is 4.79 Å². The van der Waals surface area contributed by atoms with Gasteiger partial charge in [-0.25, -0.2) is 5.43 Å². The Morgan fingerprint density at radius 1 is 1.24 bits per heavy atom. The smallest absolute Gasteiger partial charge is 0.305 e. The Hall–Kier alpha value is -2.60. The van der Waals surface area contributed by atoms with E-state index in [2.05, 4.69) is 10.5 Å². The van der Waals surface area contributed by atoms with Gasteiger partial charge in [-0.15, -0.1) is 0 Å². The predicted molar refractivity (Wildman–Crippen MR) is 72.1 cm³/mol. The molecule has 21 heavy (non-hydrogen) atoms. The molecule has 0 atom stereocenters. The number of carbonyl (C=O) groups excluding carboxylic acids is 1. The van der Waals surface area contributed by atoms with Crippen LogP contribution in [0.1, 0.15) is 5.56 Å². The lowest BCUT2D eigenvalue weighted by Crippen LogP contribution is -3.00. The number of hydrogen-bond donors (Lipinski definition) is 3. The zero-order chi connectivity index (χ0) is 14.4. The van der Waals surface area contributed by atoms with Crippen LogP contribution in [0.3, 0.4) is 0 Å². The fraction of sp³-hybridized carbons (Fsp3) is 0.0714. The number of rotatable bonds is 4. The van der Waals surface area contributed by atoms with Crippen LogP contribution in [0.25, 0.3) is 0 Å². The first-order valence-electron chi connectivity index (χ1n) is 5.93. The highest BCUT2D eigenvalue weighted by Crippen LogP contribution is 2.20. The van der Waals surface area contributed by atoms with Gasteiger partial charge in [0.05, 0.1) is 6.21 Å². The number of aromatic hydroxyl groups is 2. The number of hydrazone groups is 1. The molecule has 0 radical (unpaired) electrons. The highest BCUT2D eigenvalue weighted by atomic mass is 35.5. The van der Waals surface area contributed by atoms with E-state index in [-0.39, 0.29) is 36.4 Å². The number of phenolic OH excluding ortho intramolecular Hbond substituents is 2. The molecule has 110 valence electrons. The standard InChI is InChI=1S/C14H13N3O3.ClH/c18-12-5-4-11(13(19)8-12)9-15-16-14(20)10-17-6-2-1-3-7-17;/h1-9H,10H2,(H2-,15,16,18,19,20);1H. The number of aromatic nitrogens is 1. The number of halogens is 1. The Morgan fingerprint density at radius 2 is 1.95 bits per heavy atom. The van der Waals surface area contributed by atoms with Gasteiger partial charge in [-0.1, -0.05) is 6.07 Å². The summed E-state index contributed by atoms with van der Waals surface area (Å²) < 4.78 is 1.71. The normalized spacial score (nSPS) is 10.1. The molecule has 2 aromatic rings. The molecule has 0 bridgehead atoms. The average molecular weight is 308 g/mol. The molecule has 0 unspecified atom stereocenters. The third-order valence-electron chi connectivity index (χ3n) is 2.51. The fourth-order valence-electron chi connectivity index (χ4n) is 1.56. The molecule has 1 heterocycles. The molecule has 0 fully saturated rings. The van der Waals surface area contributed by atoms with E-state index in [0.29, 0.717) is 5.56 Å². The Labute approximate surface area is 127 Å². The van der Waals surface area contributed by atoms with Gasteiger partial charge in [0.1, 0.15) is 11.5 Å². The summed E-state index contributed by atoms with van der Waals surface area (Å²) in [6.45, 7) is 0.153. The summed E-state index contributed by atoms with van der Waals surface area (Å²) in [6, 6.07) is 9.62. The summed E-state index contributed by atoms with van der Waals surface area (Å²) in [7, 11) is 0. The lowest BCUT2D eigenvalue weighted by atomic mass is 10.2. The largest absolute Gasteiger partial charge is 1.00 e. The fourth-order valence-corrected chi connectivity index (χ4v) is 1.56. The number of phenols is 2. The maximum atomic E-state index is 11.6. The zero-order valence-electron chi connectivity index (χ0n) is 11.0. The van der Waals surface area contributed by atoms with E-state index in [1.165, 1.54) is 24.4 Å². The monoisotopic (exact) mass is 307 g/mol. The van der Waals surface area contributed by atoms with Gasteiger partial charge >= 0.3 is 5.91 Å². The van der Waals surface area contributed by atoms with Gasteiger partial charge in [-0.05, 0) is 12.1 Å². The molecule has 0 saturated heterocycles. The van der Waals surface area contributed by atoms with Gasteiger partial charge in [0.25, 0.3) is 0 Å². The molecule has 0 aliphatic heterocycles. The Kier molecular flexibility index (Phi) is 6.16. The quantitative estimate of drug-likeness (QED) is 0.333. The van der Waals surface area contributed by atoms with Gasteiger partial charge < -0.3 is 22.6 Å². The number of pyridine rings is 1. The SMILES string of the molecule is O=C(C[n+]1ccccc1)N/N=C/c1ccc(O)cc1O.[Cl-]. The molecule has 1 aromatic heterocycles. The van der Waals surface area contributed by atoms with Crippen molar-refractivity contribution in [2.24, 2.45) is 5.10 Å². The van der Waals surface area contributed by atoms with E-state index < -0.39 is 0 Å². The molecule has 0 aliphatic rings. The van der Waals surface area contributed by atoms with Crippen molar-refractivity contribution < 1.29 is 32.0 Å². The van der Waals surface area contributed by atoms with E-state index in [1.54, 1.807) is 17.0 Å². The van der Waals surface area contributed by atoms with Crippen LogP contribution in [0.15, 0.2) is 53.9 Å². The van der Waals surface area contributed by atoms with Crippen molar-refractivity contribution in [1.29, 1.82) is 0 Å². The summed E-state index contributed by atoms with van der Waals surface area (Å²) >= 11 is 0. The van der Waals surface area contributed by atoms with Crippen LogP contribution in [0.4, 0.5) is 0 Å². The van der Waals surface area contributed by atoms with Gasteiger partial charge in [0.2, 0.25) is 6.54 Å². The van der Waals surface area contributed by atoms with Crippen LogP contribution >= 0.6 is 0 Å². The van der Waals surface area contributed by atoms with Crippen LogP contribution in [0.5, 0.6) is 11.5 Å². The molecule has 3 N–H and O–H groups in total. The minimum atomic E-state index is -0.282. The molecule has 7 heteroatoms. The lowest BCUT2D eigenvalue weighted by molar-refractivity contribution is -0.684. The van der Waals surface area contributed by atoms with Gasteiger partial charge in [0.15, 0.2) is 12.4 Å². The van der Waals surface area contributed by atoms with E-state index >= 15 is 0 Å². The Morgan fingerprint density at radius 3 is 2.62 bits per heavy atom. The second-order valence-corrected chi connectivity index (χ2v) is 4.08. The molecular formula is C14H14ClN3O3.